The number of carbonyl (C=O) groups excluding carboxylic acids is 2. The number of nitrogens with zero attached hydrogens (tertiary/aromatic N) is 1. The highest BCUT2D eigenvalue weighted by atomic mass is 19.4. The fraction of sp³-hybridized carbons (Fsp3) is 0.231. The summed E-state index contributed by atoms with van der Waals surface area (Å²) in [6, 6.07) is 14.8. The standard InChI is InChI=1S/C24H26N4O3.C2HF3O2/c1-3-31-24(30)21-15-28(13-17-5-4-6-19(12-17)22(25)26)14-20(21)11-16-7-9-18(10-8-16)23(29)27-2;3-2(4,5)1(6)7/h4-10,12,14-15H,3,11,13H2,1-2H3,(H3,25,26)(H,27,29);(H,6,7). The molecule has 12 heteroatoms. The number of nitrogens with two attached hydrogens (primary N) is 1. The van der Waals surface area contributed by atoms with Crippen molar-refractivity contribution in [3.05, 3.63) is 94.3 Å². The molecule has 1 heterocycles. The van der Waals surface area contributed by atoms with E-state index in [-0.39, 0.29) is 17.7 Å². The minimum Gasteiger partial charge on any atom is -0.475 e. The Morgan fingerprint density at radius 1 is 1.05 bits per heavy atom. The highest BCUT2D eigenvalue weighted by Gasteiger charge is 2.38. The average molecular weight is 533 g/mol. The Labute approximate surface area is 216 Å². The SMILES string of the molecule is CCOC(=O)c1cn(Cc2cccc(C(=N)N)c2)cc1Cc1ccc(C(=O)NC)cc1.O=C(O)C(F)(F)F. The first-order valence-electron chi connectivity index (χ1n) is 11.3. The van der Waals surface area contributed by atoms with Gasteiger partial charge in [-0.25, -0.2) is 9.59 Å². The highest BCUT2D eigenvalue weighted by molar-refractivity contribution is 5.95. The second kappa shape index (κ2) is 13.1. The fourth-order valence-corrected chi connectivity index (χ4v) is 3.37. The molecule has 5 N–H and O–H groups in total. The molecule has 1 aromatic heterocycles. The third kappa shape index (κ3) is 8.50. The molecule has 3 rings (SSSR count). The second-order valence-electron chi connectivity index (χ2n) is 7.96. The molecule has 0 bridgehead atoms. The summed E-state index contributed by atoms with van der Waals surface area (Å²) in [5.41, 5.74) is 10.1. The molecule has 0 saturated carbocycles. The number of hydrogen-bond donors (Lipinski definition) is 4. The zero-order chi connectivity index (χ0) is 28.5. The summed E-state index contributed by atoms with van der Waals surface area (Å²) >= 11 is 0. The molecule has 2 aromatic carbocycles. The number of carbonyl (C=O) groups is 3. The van der Waals surface area contributed by atoms with Gasteiger partial charge in [-0.3, -0.25) is 10.2 Å². The summed E-state index contributed by atoms with van der Waals surface area (Å²) in [6.07, 6.45) is -0.839. The first kappa shape index (κ1) is 29.6. The monoisotopic (exact) mass is 532 g/mol. The Kier molecular flexibility index (Phi) is 10.2. The van der Waals surface area contributed by atoms with Crippen LogP contribution in [-0.4, -0.2) is 53.2 Å². The lowest BCUT2D eigenvalue weighted by Crippen LogP contribution is -2.21. The number of esters is 1. The number of nitrogens with one attached hydrogen (secondary N) is 2. The van der Waals surface area contributed by atoms with Crippen LogP contribution in [0.5, 0.6) is 0 Å². The minimum atomic E-state index is -5.08. The number of carboxylic acids is 1. The molecular weight excluding hydrogens is 505 g/mol. The summed E-state index contributed by atoms with van der Waals surface area (Å²) in [5.74, 6) is -3.25. The van der Waals surface area contributed by atoms with Gasteiger partial charge in [-0.1, -0.05) is 30.3 Å². The zero-order valence-corrected chi connectivity index (χ0v) is 20.6. The van der Waals surface area contributed by atoms with Crippen LogP contribution in [0, 0.1) is 5.41 Å². The minimum absolute atomic E-state index is 0.0162. The second-order valence-corrected chi connectivity index (χ2v) is 7.96. The number of amidine groups is 1. The molecule has 9 nitrogen and oxygen atoms in total. The summed E-state index contributed by atoms with van der Waals surface area (Å²) in [5, 5.41) is 17.3. The van der Waals surface area contributed by atoms with E-state index in [0.29, 0.717) is 36.3 Å². The molecule has 38 heavy (non-hydrogen) atoms. The van der Waals surface area contributed by atoms with Gasteiger partial charge in [0.05, 0.1) is 12.2 Å². The van der Waals surface area contributed by atoms with Crippen molar-refractivity contribution in [2.75, 3.05) is 13.7 Å². The van der Waals surface area contributed by atoms with E-state index in [1.807, 2.05) is 41.1 Å². The predicted octanol–water partition coefficient (Wildman–Crippen LogP) is 3.58. The maximum absolute atomic E-state index is 12.5. The van der Waals surface area contributed by atoms with Gasteiger partial charge >= 0.3 is 18.1 Å². The number of halogens is 3. The van der Waals surface area contributed by atoms with Crippen molar-refractivity contribution in [3.8, 4) is 0 Å². The van der Waals surface area contributed by atoms with Crippen LogP contribution in [0.2, 0.25) is 0 Å². The van der Waals surface area contributed by atoms with Gasteiger partial charge in [0.2, 0.25) is 0 Å². The number of nitrogen functional groups attached to an aromatic ring is 1. The lowest BCUT2D eigenvalue weighted by Gasteiger charge is -2.06. The van der Waals surface area contributed by atoms with Gasteiger partial charge in [-0.05, 0) is 48.2 Å². The van der Waals surface area contributed by atoms with Gasteiger partial charge in [0.1, 0.15) is 5.84 Å². The van der Waals surface area contributed by atoms with Gasteiger partial charge in [-0.15, -0.1) is 0 Å². The van der Waals surface area contributed by atoms with Gasteiger partial charge < -0.3 is 25.5 Å². The largest absolute Gasteiger partial charge is 0.490 e. The Morgan fingerprint density at radius 3 is 2.21 bits per heavy atom. The molecule has 0 spiro atoms. The molecule has 0 aliphatic carbocycles. The summed E-state index contributed by atoms with van der Waals surface area (Å²) in [4.78, 5) is 33.2. The Bertz CT molecular complexity index is 1300. The van der Waals surface area contributed by atoms with Crippen molar-refractivity contribution in [2.45, 2.75) is 26.1 Å². The lowest BCUT2D eigenvalue weighted by atomic mass is 10.0. The third-order valence-corrected chi connectivity index (χ3v) is 5.14. The molecule has 202 valence electrons. The van der Waals surface area contributed by atoms with Gasteiger partial charge in [0.25, 0.3) is 5.91 Å². The quantitative estimate of drug-likeness (QED) is 0.198. The van der Waals surface area contributed by atoms with Gasteiger partial charge in [0.15, 0.2) is 0 Å². The molecule has 0 aliphatic heterocycles. The van der Waals surface area contributed by atoms with E-state index in [1.54, 1.807) is 38.4 Å². The molecule has 1 amide bonds. The van der Waals surface area contributed by atoms with Crippen LogP contribution >= 0.6 is 0 Å². The number of carboxylic acid groups (broad SMARTS) is 1. The van der Waals surface area contributed by atoms with E-state index < -0.39 is 12.1 Å². The number of rotatable bonds is 8. The van der Waals surface area contributed by atoms with Crippen LogP contribution in [0.25, 0.3) is 0 Å². The predicted molar refractivity (Wildman–Crippen MR) is 133 cm³/mol. The highest BCUT2D eigenvalue weighted by Crippen LogP contribution is 2.19. The smallest absolute Gasteiger partial charge is 0.475 e. The molecule has 0 aliphatic rings. The number of aromatic nitrogens is 1. The number of hydrogen-bond acceptors (Lipinski definition) is 5. The van der Waals surface area contributed by atoms with Crippen LogP contribution in [0.1, 0.15) is 49.9 Å². The fourth-order valence-electron chi connectivity index (χ4n) is 3.37. The average Bonchev–Trinajstić information content (AvgIpc) is 3.26. The van der Waals surface area contributed by atoms with Gasteiger partial charge in [-0.2, -0.15) is 13.2 Å². The molecule has 0 unspecified atom stereocenters. The van der Waals surface area contributed by atoms with Crippen LogP contribution < -0.4 is 11.1 Å². The molecule has 0 fully saturated rings. The summed E-state index contributed by atoms with van der Waals surface area (Å²) in [7, 11) is 1.59. The van der Waals surface area contributed by atoms with E-state index in [9.17, 15) is 22.8 Å². The van der Waals surface area contributed by atoms with Crippen LogP contribution in [0.3, 0.4) is 0 Å². The first-order valence-corrected chi connectivity index (χ1v) is 11.3. The molecular formula is C26H27F3N4O5. The Hall–Kier alpha value is -4.61. The summed E-state index contributed by atoms with van der Waals surface area (Å²) in [6.45, 7) is 2.60. The zero-order valence-electron chi connectivity index (χ0n) is 20.6. The maximum atomic E-state index is 12.5. The number of amides is 1. The topological polar surface area (TPSA) is 147 Å². The number of ether oxygens (including phenoxy) is 1. The van der Waals surface area contributed by atoms with Gasteiger partial charge in [0, 0.05) is 37.1 Å². The van der Waals surface area contributed by atoms with Crippen molar-refractivity contribution < 1.29 is 37.4 Å². The van der Waals surface area contributed by atoms with Crippen LogP contribution in [0.4, 0.5) is 13.2 Å². The normalized spacial score (nSPS) is 10.7. The van der Waals surface area contributed by atoms with Crippen molar-refractivity contribution in [1.82, 2.24) is 9.88 Å². The first-order chi connectivity index (χ1) is 17.8. The Balaban J connectivity index is 0.000000638. The third-order valence-electron chi connectivity index (χ3n) is 5.14. The molecule has 3 aromatic rings. The van der Waals surface area contributed by atoms with E-state index >= 15 is 0 Å². The van der Waals surface area contributed by atoms with Crippen molar-refractivity contribution in [2.24, 2.45) is 5.73 Å². The lowest BCUT2D eigenvalue weighted by molar-refractivity contribution is -0.192. The molecule has 0 radical (unpaired) electrons. The summed E-state index contributed by atoms with van der Waals surface area (Å²) < 4.78 is 38.9. The molecule has 0 atom stereocenters. The maximum Gasteiger partial charge on any atom is 0.490 e. The van der Waals surface area contributed by atoms with E-state index in [1.165, 1.54) is 0 Å². The number of aliphatic carboxylic acids is 1. The Morgan fingerprint density at radius 2 is 1.68 bits per heavy atom. The van der Waals surface area contributed by atoms with Crippen molar-refractivity contribution in [1.29, 1.82) is 5.41 Å². The van der Waals surface area contributed by atoms with Crippen LogP contribution in [-0.2, 0) is 22.5 Å². The van der Waals surface area contributed by atoms with Crippen LogP contribution in [0.15, 0.2) is 60.9 Å². The number of alkyl halides is 3. The van der Waals surface area contributed by atoms with Crippen molar-refractivity contribution >= 4 is 23.7 Å². The van der Waals surface area contributed by atoms with Crippen molar-refractivity contribution in [3.63, 3.8) is 0 Å². The number of benzene rings is 2. The van der Waals surface area contributed by atoms with E-state index in [4.69, 9.17) is 25.8 Å². The molecule has 0 saturated heterocycles. The van der Waals surface area contributed by atoms with E-state index in [2.05, 4.69) is 5.32 Å². The van der Waals surface area contributed by atoms with E-state index in [0.717, 1.165) is 16.7 Å².